The highest BCUT2D eigenvalue weighted by atomic mass is 79.9. The lowest BCUT2D eigenvalue weighted by Gasteiger charge is -2.06. The van der Waals surface area contributed by atoms with Crippen LogP contribution in [0.3, 0.4) is 0 Å². The second-order valence-corrected chi connectivity index (χ2v) is 4.72. The summed E-state index contributed by atoms with van der Waals surface area (Å²) in [7, 11) is 0. The van der Waals surface area contributed by atoms with Gasteiger partial charge in [0.2, 0.25) is 0 Å². The number of aromatic nitrogens is 1. The minimum atomic E-state index is 0.412. The predicted octanol–water partition coefficient (Wildman–Crippen LogP) is 4.26. The van der Waals surface area contributed by atoms with Gasteiger partial charge in [0.1, 0.15) is 11.8 Å². The van der Waals surface area contributed by atoms with Crippen molar-refractivity contribution in [3.05, 3.63) is 54.1 Å². The van der Waals surface area contributed by atoms with E-state index < -0.39 is 0 Å². The number of hydrogen-bond donors (Lipinski definition) is 0. The van der Waals surface area contributed by atoms with Crippen LogP contribution >= 0.6 is 15.9 Å². The Kier molecular flexibility index (Phi) is 3.06. The molecule has 0 aliphatic rings. The second-order valence-electron chi connectivity index (χ2n) is 4.16. The van der Waals surface area contributed by atoms with Crippen molar-refractivity contribution in [2.24, 2.45) is 0 Å². The summed E-state index contributed by atoms with van der Waals surface area (Å²) in [4.78, 5) is 4.36. The van der Waals surface area contributed by atoms with Gasteiger partial charge in [-0.3, -0.25) is 0 Å². The molecular formula is C15H9BrN2O. The molecule has 3 nitrogen and oxygen atoms in total. The molecule has 0 saturated carbocycles. The van der Waals surface area contributed by atoms with Gasteiger partial charge < -0.3 is 4.42 Å². The van der Waals surface area contributed by atoms with Crippen molar-refractivity contribution in [1.82, 2.24) is 4.98 Å². The average molecular weight is 313 g/mol. The van der Waals surface area contributed by atoms with Gasteiger partial charge in [0.15, 0.2) is 0 Å². The van der Waals surface area contributed by atoms with Crippen LogP contribution in [0.2, 0.25) is 0 Å². The van der Waals surface area contributed by atoms with Gasteiger partial charge in [0.25, 0.3) is 0 Å². The van der Waals surface area contributed by atoms with Gasteiger partial charge in [-0.15, -0.1) is 0 Å². The first-order valence-electron chi connectivity index (χ1n) is 5.74. The van der Waals surface area contributed by atoms with E-state index in [4.69, 9.17) is 9.68 Å². The van der Waals surface area contributed by atoms with Gasteiger partial charge in [-0.25, -0.2) is 4.98 Å². The van der Waals surface area contributed by atoms with Crippen molar-refractivity contribution < 1.29 is 4.42 Å². The van der Waals surface area contributed by atoms with Crippen LogP contribution < -0.4 is 0 Å². The first-order chi connectivity index (χ1) is 9.31. The third-order valence-electron chi connectivity index (χ3n) is 2.98. The average Bonchev–Trinajstić information content (AvgIpc) is 2.99. The Bertz CT molecular complexity index is 773. The minimum Gasteiger partial charge on any atom is -0.472 e. The van der Waals surface area contributed by atoms with E-state index in [9.17, 15) is 0 Å². The lowest BCUT2D eigenvalue weighted by molar-refractivity contribution is 0.568. The smallest absolute Gasteiger partial charge is 0.141 e. The zero-order valence-corrected chi connectivity index (χ0v) is 11.5. The fourth-order valence-corrected chi connectivity index (χ4v) is 2.42. The Labute approximate surface area is 118 Å². The molecule has 3 rings (SSSR count). The maximum Gasteiger partial charge on any atom is 0.141 e. The molecule has 0 bridgehead atoms. The Morgan fingerprint density at radius 1 is 1.26 bits per heavy atom. The first kappa shape index (κ1) is 11.9. The highest BCUT2D eigenvalue weighted by molar-refractivity contribution is 9.08. The van der Waals surface area contributed by atoms with Gasteiger partial charge in [-0.1, -0.05) is 28.1 Å². The number of pyridine rings is 1. The van der Waals surface area contributed by atoms with Crippen LogP contribution in [-0.2, 0) is 5.33 Å². The minimum absolute atomic E-state index is 0.412. The number of nitrogens with zero attached hydrogens (tertiary/aromatic N) is 2. The Balaban J connectivity index is 2.34. The number of hydrogen-bond acceptors (Lipinski definition) is 3. The molecule has 0 saturated heterocycles. The van der Waals surface area contributed by atoms with E-state index in [0.29, 0.717) is 5.69 Å². The van der Waals surface area contributed by atoms with Crippen LogP contribution in [0, 0.1) is 11.3 Å². The molecule has 0 aliphatic heterocycles. The van der Waals surface area contributed by atoms with E-state index in [1.54, 1.807) is 18.6 Å². The molecule has 2 aromatic heterocycles. The molecule has 0 unspecified atom stereocenters. The molecule has 2 heterocycles. The third-order valence-corrected chi connectivity index (χ3v) is 3.62. The summed E-state index contributed by atoms with van der Waals surface area (Å²) < 4.78 is 5.13. The number of furan rings is 1. The van der Waals surface area contributed by atoms with E-state index in [1.165, 1.54) is 0 Å². The van der Waals surface area contributed by atoms with Gasteiger partial charge in [-0.05, 0) is 29.3 Å². The number of alkyl halides is 1. The number of benzene rings is 1. The summed E-state index contributed by atoms with van der Waals surface area (Å²) in [5.41, 5.74) is 4.29. The number of rotatable bonds is 2. The lowest BCUT2D eigenvalue weighted by atomic mass is 10.0. The largest absolute Gasteiger partial charge is 0.472 e. The van der Waals surface area contributed by atoms with Crippen molar-refractivity contribution in [2.45, 2.75) is 5.33 Å². The monoisotopic (exact) mass is 312 g/mol. The van der Waals surface area contributed by atoms with Crippen molar-refractivity contribution in [1.29, 1.82) is 5.26 Å². The maximum absolute atomic E-state index is 9.10. The van der Waals surface area contributed by atoms with Crippen LogP contribution in [0.25, 0.3) is 22.0 Å². The molecule has 0 aliphatic carbocycles. The van der Waals surface area contributed by atoms with Crippen LogP contribution in [0.5, 0.6) is 0 Å². The van der Waals surface area contributed by atoms with Crippen LogP contribution in [-0.4, -0.2) is 4.98 Å². The van der Waals surface area contributed by atoms with Gasteiger partial charge in [-0.2, -0.15) is 5.26 Å². The highest BCUT2D eigenvalue weighted by Crippen LogP contribution is 2.29. The molecule has 0 amide bonds. The van der Waals surface area contributed by atoms with E-state index in [-0.39, 0.29) is 0 Å². The van der Waals surface area contributed by atoms with Crippen LogP contribution in [0.4, 0.5) is 0 Å². The zero-order valence-electron chi connectivity index (χ0n) is 9.93. The normalized spacial score (nSPS) is 10.5. The van der Waals surface area contributed by atoms with Crippen LogP contribution in [0.1, 0.15) is 11.3 Å². The van der Waals surface area contributed by atoms with E-state index in [1.807, 2.05) is 24.3 Å². The Morgan fingerprint density at radius 2 is 2.16 bits per heavy atom. The zero-order chi connectivity index (χ0) is 13.2. The van der Waals surface area contributed by atoms with E-state index in [2.05, 4.69) is 27.0 Å². The molecule has 0 fully saturated rings. The van der Waals surface area contributed by atoms with E-state index in [0.717, 1.165) is 32.9 Å². The number of nitriles is 1. The molecule has 0 N–H and O–H groups in total. The second kappa shape index (κ2) is 4.87. The summed E-state index contributed by atoms with van der Waals surface area (Å²) >= 11 is 3.43. The van der Waals surface area contributed by atoms with Crippen molar-refractivity contribution in [3.8, 4) is 17.2 Å². The van der Waals surface area contributed by atoms with Gasteiger partial charge in [0, 0.05) is 16.3 Å². The fourth-order valence-electron chi connectivity index (χ4n) is 2.07. The van der Waals surface area contributed by atoms with Gasteiger partial charge in [0.05, 0.1) is 18.0 Å². The third kappa shape index (κ3) is 2.13. The molecule has 0 radical (unpaired) electrons. The summed E-state index contributed by atoms with van der Waals surface area (Å²) in [6.07, 6.45) is 3.30. The van der Waals surface area contributed by atoms with Crippen molar-refractivity contribution >= 4 is 26.8 Å². The number of fused-ring (bicyclic) bond motifs is 1. The number of halogens is 1. The highest BCUT2D eigenvalue weighted by Gasteiger charge is 2.09. The molecular weight excluding hydrogens is 304 g/mol. The maximum atomic E-state index is 9.10. The lowest BCUT2D eigenvalue weighted by Crippen LogP contribution is -1.90. The summed E-state index contributed by atoms with van der Waals surface area (Å²) in [6, 6.07) is 11.9. The summed E-state index contributed by atoms with van der Waals surface area (Å²) in [6.45, 7) is 0. The molecule has 0 atom stereocenters. The molecule has 0 spiro atoms. The van der Waals surface area contributed by atoms with E-state index >= 15 is 0 Å². The van der Waals surface area contributed by atoms with Crippen molar-refractivity contribution in [3.63, 3.8) is 0 Å². The summed E-state index contributed by atoms with van der Waals surface area (Å²) in [5.74, 6) is 0. The standard InChI is InChI=1S/C15H9BrN2O/c16-7-10-1-2-13-14(11-3-4-19-9-11)6-12(8-17)18-15(13)5-10/h1-6,9H,7H2. The SMILES string of the molecule is N#Cc1cc(-c2ccoc2)c2ccc(CBr)cc2n1. The molecule has 92 valence electrons. The first-order valence-corrected chi connectivity index (χ1v) is 6.86. The Hall–Kier alpha value is -2.12. The summed E-state index contributed by atoms with van der Waals surface area (Å²) in [5, 5.41) is 10.9. The molecule has 3 aromatic rings. The Morgan fingerprint density at radius 3 is 2.84 bits per heavy atom. The molecule has 1 aromatic carbocycles. The fraction of sp³-hybridized carbons (Fsp3) is 0.0667. The van der Waals surface area contributed by atoms with Crippen LogP contribution in [0.15, 0.2) is 47.3 Å². The topological polar surface area (TPSA) is 49.8 Å². The quantitative estimate of drug-likeness (QED) is 0.664. The molecule has 19 heavy (non-hydrogen) atoms. The van der Waals surface area contributed by atoms with Gasteiger partial charge >= 0.3 is 0 Å². The van der Waals surface area contributed by atoms with Crippen molar-refractivity contribution in [2.75, 3.05) is 0 Å². The molecule has 4 heteroatoms. The predicted molar refractivity (Wildman–Crippen MR) is 76.8 cm³/mol.